The number of aryl methyl sites for hydroxylation is 1. The van der Waals surface area contributed by atoms with Gasteiger partial charge in [-0.25, -0.2) is 0 Å². The molecule has 0 bridgehead atoms. The number of nitrogens with one attached hydrogen (secondary N) is 1. The van der Waals surface area contributed by atoms with Crippen molar-refractivity contribution in [3.05, 3.63) is 23.0 Å². The maximum Gasteiger partial charge on any atom is 0.325 e. The van der Waals surface area contributed by atoms with E-state index in [4.69, 9.17) is 5.11 Å². The minimum atomic E-state index is -0.997. The third-order valence-electron chi connectivity index (χ3n) is 2.44. The summed E-state index contributed by atoms with van der Waals surface area (Å²) in [6.07, 6.45) is 4.43. The highest BCUT2D eigenvalue weighted by molar-refractivity contribution is 7.08. The van der Waals surface area contributed by atoms with E-state index in [0.717, 1.165) is 18.0 Å². The number of carbonyl (C=O) groups excluding carboxylic acids is 1. The highest BCUT2D eigenvalue weighted by atomic mass is 32.1. The van der Waals surface area contributed by atoms with Gasteiger partial charge in [0.15, 0.2) is 0 Å². The summed E-state index contributed by atoms with van der Waals surface area (Å²) in [5.41, 5.74) is 1.11. The molecule has 2 aromatic rings. The fraction of sp³-hybridized carbons (Fsp3) is 0.364. The van der Waals surface area contributed by atoms with Crippen LogP contribution in [0, 0.1) is 0 Å². The van der Waals surface area contributed by atoms with E-state index >= 15 is 0 Å². The Morgan fingerprint density at radius 1 is 1.50 bits per heavy atom. The summed E-state index contributed by atoms with van der Waals surface area (Å²) in [5.74, 6) is -1.30. The van der Waals surface area contributed by atoms with E-state index in [9.17, 15) is 9.59 Å². The lowest BCUT2D eigenvalue weighted by Crippen LogP contribution is -2.12. The number of amides is 1. The lowest BCUT2D eigenvalue weighted by atomic mass is 10.2. The van der Waals surface area contributed by atoms with Gasteiger partial charge in [0.25, 0.3) is 5.91 Å². The number of nitrogens with zero attached hydrogens (tertiary/aromatic N) is 4. The van der Waals surface area contributed by atoms with Crippen LogP contribution in [0.25, 0.3) is 0 Å². The van der Waals surface area contributed by atoms with Crippen LogP contribution in [-0.2, 0) is 17.8 Å². The van der Waals surface area contributed by atoms with Crippen LogP contribution in [0.5, 0.6) is 0 Å². The minimum Gasteiger partial charge on any atom is -0.480 e. The van der Waals surface area contributed by atoms with E-state index in [-0.39, 0.29) is 12.5 Å². The topological polar surface area (TPSA) is 110 Å². The van der Waals surface area contributed by atoms with Gasteiger partial charge in [0.05, 0.1) is 17.6 Å². The molecule has 2 heterocycles. The van der Waals surface area contributed by atoms with Gasteiger partial charge < -0.3 is 10.4 Å². The molecule has 0 atom stereocenters. The Labute approximate surface area is 118 Å². The summed E-state index contributed by atoms with van der Waals surface area (Å²) in [4.78, 5) is 23.1. The summed E-state index contributed by atoms with van der Waals surface area (Å²) in [5, 5.41) is 19.1. The van der Waals surface area contributed by atoms with Gasteiger partial charge in [0.1, 0.15) is 11.4 Å². The fourth-order valence-corrected chi connectivity index (χ4v) is 2.23. The van der Waals surface area contributed by atoms with Crippen molar-refractivity contribution in [2.24, 2.45) is 0 Å². The van der Waals surface area contributed by atoms with Gasteiger partial charge in [-0.05, 0) is 18.0 Å². The molecule has 2 aromatic heterocycles. The Balaban J connectivity index is 2.05. The van der Waals surface area contributed by atoms with Gasteiger partial charge in [-0.1, -0.05) is 17.8 Å². The lowest BCUT2D eigenvalue weighted by Gasteiger charge is -2.00. The third kappa shape index (κ3) is 3.38. The summed E-state index contributed by atoms with van der Waals surface area (Å²) < 4.78 is 5.01. The van der Waals surface area contributed by atoms with Crippen molar-refractivity contribution < 1.29 is 14.7 Å². The molecule has 0 radical (unpaired) electrons. The highest BCUT2D eigenvalue weighted by Gasteiger charge is 2.16. The summed E-state index contributed by atoms with van der Waals surface area (Å²) in [7, 11) is 0. The first-order chi connectivity index (χ1) is 9.60. The molecule has 0 fully saturated rings. The second-order valence-electron chi connectivity index (χ2n) is 4.07. The molecule has 0 spiro atoms. The number of aromatic nitrogens is 4. The maximum atomic E-state index is 12.1. The number of carboxylic acid groups (broad SMARTS) is 1. The van der Waals surface area contributed by atoms with Crippen molar-refractivity contribution in [3.63, 3.8) is 0 Å². The second-order valence-corrected chi connectivity index (χ2v) is 4.83. The normalized spacial score (nSPS) is 10.4. The average molecular weight is 295 g/mol. The maximum absolute atomic E-state index is 12.1. The van der Waals surface area contributed by atoms with Gasteiger partial charge in [0, 0.05) is 6.20 Å². The highest BCUT2D eigenvalue weighted by Crippen LogP contribution is 2.15. The molecule has 0 aromatic carbocycles. The molecule has 2 N–H and O–H groups in total. The third-order valence-corrected chi connectivity index (χ3v) is 3.20. The molecule has 0 aliphatic heterocycles. The standard InChI is InChI=1S/C11H13N5O3S/c1-2-3-8-10(20-15-14-8)11(19)13-7-4-12-16(5-7)6-9(17)18/h4-5H,2-3,6H2,1H3,(H,13,19)(H,17,18). The molecule has 0 aliphatic rings. The smallest absolute Gasteiger partial charge is 0.325 e. The van der Waals surface area contributed by atoms with Crippen LogP contribution in [-0.4, -0.2) is 36.4 Å². The first-order valence-corrected chi connectivity index (χ1v) is 6.74. The summed E-state index contributed by atoms with van der Waals surface area (Å²) in [6, 6.07) is 0. The fourth-order valence-electron chi connectivity index (χ4n) is 1.62. The SMILES string of the molecule is CCCc1nnsc1C(=O)Nc1cnn(CC(=O)O)c1. The van der Waals surface area contributed by atoms with Gasteiger partial charge in [-0.2, -0.15) is 5.10 Å². The number of anilines is 1. The molecular weight excluding hydrogens is 282 g/mol. The van der Waals surface area contributed by atoms with Crippen LogP contribution in [0.3, 0.4) is 0 Å². The number of carboxylic acids is 1. The number of aliphatic carboxylic acids is 1. The number of hydrogen-bond donors (Lipinski definition) is 2. The molecule has 2 rings (SSSR count). The van der Waals surface area contributed by atoms with Crippen LogP contribution in [0.2, 0.25) is 0 Å². The molecule has 1 amide bonds. The Kier molecular flexibility index (Phi) is 4.41. The summed E-state index contributed by atoms with van der Waals surface area (Å²) in [6.45, 7) is 1.75. The van der Waals surface area contributed by atoms with E-state index in [1.807, 2.05) is 6.92 Å². The molecule has 0 unspecified atom stereocenters. The van der Waals surface area contributed by atoms with E-state index < -0.39 is 5.97 Å². The molecular formula is C11H13N5O3S. The molecule has 8 nitrogen and oxygen atoms in total. The Morgan fingerprint density at radius 3 is 3.00 bits per heavy atom. The van der Waals surface area contributed by atoms with E-state index in [0.29, 0.717) is 22.7 Å². The van der Waals surface area contributed by atoms with Crippen molar-refractivity contribution in [1.29, 1.82) is 0 Å². The van der Waals surface area contributed by atoms with Gasteiger partial charge in [-0.15, -0.1) is 5.10 Å². The Bertz CT molecular complexity index is 621. The molecule has 9 heteroatoms. The van der Waals surface area contributed by atoms with Crippen LogP contribution >= 0.6 is 11.5 Å². The van der Waals surface area contributed by atoms with Crippen molar-refractivity contribution >= 4 is 29.1 Å². The molecule has 0 saturated heterocycles. The molecule has 0 saturated carbocycles. The Hall–Kier alpha value is -2.29. The molecule has 0 aliphatic carbocycles. The zero-order valence-corrected chi connectivity index (χ0v) is 11.6. The monoisotopic (exact) mass is 295 g/mol. The Morgan fingerprint density at radius 2 is 2.30 bits per heavy atom. The summed E-state index contributed by atoms with van der Waals surface area (Å²) >= 11 is 1.04. The zero-order valence-electron chi connectivity index (χ0n) is 10.7. The largest absolute Gasteiger partial charge is 0.480 e. The predicted octanol–water partition coefficient (Wildman–Crippen LogP) is 1.02. The quantitative estimate of drug-likeness (QED) is 0.823. The predicted molar refractivity (Wildman–Crippen MR) is 71.7 cm³/mol. The van der Waals surface area contributed by atoms with Crippen molar-refractivity contribution in [3.8, 4) is 0 Å². The van der Waals surface area contributed by atoms with E-state index in [1.54, 1.807) is 0 Å². The van der Waals surface area contributed by atoms with Crippen molar-refractivity contribution in [1.82, 2.24) is 19.4 Å². The molecule has 20 heavy (non-hydrogen) atoms. The first-order valence-electron chi connectivity index (χ1n) is 5.97. The zero-order chi connectivity index (χ0) is 14.5. The first kappa shape index (κ1) is 14.1. The number of hydrogen-bond acceptors (Lipinski definition) is 6. The average Bonchev–Trinajstić information content (AvgIpc) is 2.98. The van der Waals surface area contributed by atoms with E-state index in [2.05, 4.69) is 20.0 Å². The second kappa shape index (κ2) is 6.24. The number of rotatable bonds is 6. The van der Waals surface area contributed by atoms with Crippen LogP contribution in [0.4, 0.5) is 5.69 Å². The molecule has 106 valence electrons. The number of carbonyl (C=O) groups is 2. The van der Waals surface area contributed by atoms with Crippen molar-refractivity contribution in [2.45, 2.75) is 26.3 Å². The van der Waals surface area contributed by atoms with Crippen molar-refractivity contribution in [2.75, 3.05) is 5.32 Å². The van der Waals surface area contributed by atoms with Crippen LogP contribution in [0.15, 0.2) is 12.4 Å². The minimum absolute atomic E-state index is 0.251. The van der Waals surface area contributed by atoms with Crippen LogP contribution < -0.4 is 5.32 Å². The van der Waals surface area contributed by atoms with Gasteiger partial charge >= 0.3 is 5.97 Å². The van der Waals surface area contributed by atoms with Crippen LogP contribution in [0.1, 0.15) is 28.7 Å². The lowest BCUT2D eigenvalue weighted by molar-refractivity contribution is -0.137. The van der Waals surface area contributed by atoms with Gasteiger partial charge in [0.2, 0.25) is 0 Å². The van der Waals surface area contributed by atoms with E-state index in [1.165, 1.54) is 17.1 Å². The van der Waals surface area contributed by atoms with Gasteiger partial charge in [-0.3, -0.25) is 14.3 Å².